The van der Waals surface area contributed by atoms with E-state index in [1.807, 2.05) is 13.8 Å². The van der Waals surface area contributed by atoms with Gasteiger partial charge in [-0.05, 0) is 26.2 Å². The lowest BCUT2D eigenvalue weighted by atomic mass is 9.94. The maximum absolute atomic E-state index is 10.9. The van der Waals surface area contributed by atoms with Crippen LogP contribution in [0.25, 0.3) is 0 Å². The molecule has 0 radical (unpaired) electrons. The van der Waals surface area contributed by atoms with Crippen LogP contribution in [0.1, 0.15) is 34.1 Å². The summed E-state index contributed by atoms with van der Waals surface area (Å²) in [5, 5.41) is 12.3. The number of carbonyl (C=O) groups excluding carboxylic acids is 1. The van der Waals surface area contributed by atoms with Gasteiger partial charge in [0.2, 0.25) is 0 Å². The fourth-order valence-corrected chi connectivity index (χ4v) is 1.40. The minimum absolute atomic E-state index is 0.226. The molecule has 0 saturated carbocycles. The van der Waals surface area contributed by atoms with Crippen molar-refractivity contribution in [3.8, 4) is 0 Å². The zero-order valence-electron chi connectivity index (χ0n) is 9.46. The molecule has 1 amide bonds. The molecular weight excluding hydrogens is 182 g/mol. The number of aliphatic hydroxyl groups is 1. The summed E-state index contributed by atoms with van der Waals surface area (Å²) in [6.45, 7) is 8.07. The number of carbonyl (C=O) groups is 1. The van der Waals surface area contributed by atoms with Gasteiger partial charge < -0.3 is 15.2 Å². The summed E-state index contributed by atoms with van der Waals surface area (Å²) in [6, 6.07) is 0. The van der Waals surface area contributed by atoms with E-state index in [1.54, 1.807) is 13.8 Å². The molecule has 2 N–H and O–H groups in total. The number of amides is 1. The van der Waals surface area contributed by atoms with Crippen LogP contribution in [0.15, 0.2) is 0 Å². The van der Waals surface area contributed by atoms with Gasteiger partial charge in [0.1, 0.15) is 0 Å². The fourth-order valence-electron chi connectivity index (χ4n) is 1.40. The van der Waals surface area contributed by atoms with E-state index in [2.05, 4.69) is 10.1 Å². The van der Waals surface area contributed by atoms with Crippen molar-refractivity contribution in [3.63, 3.8) is 0 Å². The van der Waals surface area contributed by atoms with Crippen molar-refractivity contribution < 1.29 is 14.6 Å². The first-order chi connectivity index (χ1) is 6.37. The zero-order valence-corrected chi connectivity index (χ0v) is 9.46. The van der Waals surface area contributed by atoms with Gasteiger partial charge in [-0.3, -0.25) is 0 Å². The molecule has 0 saturated heterocycles. The molecule has 0 bridgehead atoms. The molecule has 4 nitrogen and oxygen atoms in total. The zero-order chi connectivity index (χ0) is 11.2. The molecule has 0 aliphatic heterocycles. The second-order valence-corrected chi connectivity index (χ2v) is 4.17. The maximum Gasteiger partial charge on any atom is 0.407 e. The van der Waals surface area contributed by atoms with Gasteiger partial charge in [-0.2, -0.15) is 0 Å². The molecule has 0 aromatic rings. The first kappa shape index (κ1) is 13.2. The lowest BCUT2D eigenvalue weighted by Crippen LogP contribution is -2.41. The largest absolute Gasteiger partial charge is 0.450 e. The van der Waals surface area contributed by atoms with Gasteiger partial charge in [-0.25, -0.2) is 4.79 Å². The van der Waals surface area contributed by atoms with Crippen LogP contribution < -0.4 is 5.32 Å². The Morgan fingerprint density at radius 1 is 1.57 bits per heavy atom. The van der Waals surface area contributed by atoms with E-state index in [9.17, 15) is 9.90 Å². The lowest BCUT2D eigenvalue weighted by molar-refractivity contribution is 0.0369. The van der Waals surface area contributed by atoms with Gasteiger partial charge in [0.15, 0.2) is 0 Å². The van der Waals surface area contributed by atoms with Gasteiger partial charge in [-0.15, -0.1) is 0 Å². The van der Waals surface area contributed by atoms with E-state index in [0.717, 1.165) is 0 Å². The lowest BCUT2D eigenvalue weighted by Gasteiger charge is -2.25. The smallest absolute Gasteiger partial charge is 0.407 e. The van der Waals surface area contributed by atoms with E-state index in [1.165, 1.54) is 0 Å². The normalized spacial score (nSPS) is 15.0. The van der Waals surface area contributed by atoms with E-state index in [4.69, 9.17) is 0 Å². The van der Waals surface area contributed by atoms with Crippen molar-refractivity contribution in [2.24, 2.45) is 5.92 Å². The van der Waals surface area contributed by atoms with Crippen LogP contribution in [-0.4, -0.2) is 30.0 Å². The summed E-state index contributed by atoms with van der Waals surface area (Å²) < 4.78 is 4.68. The summed E-state index contributed by atoms with van der Waals surface area (Å²) >= 11 is 0. The molecule has 0 aliphatic rings. The molecule has 0 aromatic carbocycles. The molecule has 4 heteroatoms. The van der Waals surface area contributed by atoms with Crippen LogP contribution in [0.4, 0.5) is 4.79 Å². The third-order valence-corrected chi connectivity index (χ3v) is 1.74. The van der Waals surface area contributed by atoms with Crippen LogP contribution in [0.3, 0.4) is 0 Å². The summed E-state index contributed by atoms with van der Waals surface area (Å²) in [6.07, 6.45) is 0.177. The second-order valence-electron chi connectivity index (χ2n) is 4.17. The van der Waals surface area contributed by atoms with Crippen LogP contribution in [0, 0.1) is 5.92 Å². The number of nitrogens with one attached hydrogen (secondary N) is 1. The second kappa shape index (κ2) is 5.86. The molecule has 0 fully saturated rings. The molecule has 14 heavy (non-hydrogen) atoms. The molecule has 0 rings (SSSR count). The Hall–Kier alpha value is -0.770. The van der Waals surface area contributed by atoms with E-state index in [0.29, 0.717) is 18.9 Å². The fraction of sp³-hybridized carbons (Fsp3) is 0.900. The average molecular weight is 203 g/mol. The molecule has 0 aromatic heterocycles. The number of ether oxygens (including phenoxy) is 1. The van der Waals surface area contributed by atoms with Crippen molar-refractivity contribution in [1.29, 1.82) is 0 Å². The maximum atomic E-state index is 10.9. The monoisotopic (exact) mass is 203 g/mol. The quantitative estimate of drug-likeness (QED) is 0.712. The van der Waals surface area contributed by atoms with Crippen LogP contribution in [0.2, 0.25) is 0 Å². The summed E-state index contributed by atoms with van der Waals surface area (Å²) in [5.41, 5.74) is -0.860. The highest BCUT2D eigenvalue weighted by atomic mass is 16.5. The van der Waals surface area contributed by atoms with E-state index >= 15 is 0 Å². The number of hydrogen-bond acceptors (Lipinski definition) is 3. The van der Waals surface area contributed by atoms with Crippen LogP contribution in [-0.2, 0) is 4.74 Å². The van der Waals surface area contributed by atoms with Gasteiger partial charge in [0, 0.05) is 6.54 Å². The minimum Gasteiger partial charge on any atom is -0.450 e. The Morgan fingerprint density at radius 3 is 2.57 bits per heavy atom. The van der Waals surface area contributed by atoms with Gasteiger partial charge in [0.05, 0.1) is 12.2 Å². The van der Waals surface area contributed by atoms with Crippen molar-refractivity contribution in [3.05, 3.63) is 0 Å². The molecule has 0 heterocycles. The van der Waals surface area contributed by atoms with Crippen LogP contribution >= 0.6 is 0 Å². The Morgan fingerprint density at radius 2 is 2.14 bits per heavy atom. The predicted molar refractivity (Wildman–Crippen MR) is 55.1 cm³/mol. The Kier molecular flexibility index (Phi) is 5.53. The third-order valence-electron chi connectivity index (χ3n) is 1.74. The summed E-state index contributed by atoms with van der Waals surface area (Å²) in [7, 11) is 0. The Labute approximate surface area is 85.6 Å². The van der Waals surface area contributed by atoms with Gasteiger partial charge in [-0.1, -0.05) is 13.8 Å². The first-order valence-electron chi connectivity index (χ1n) is 5.00. The van der Waals surface area contributed by atoms with Crippen molar-refractivity contribution >= 4 is 6.09 Å². The van der Waals surface area contributed by atoms with Gasteiger partial charge >= 0.3 is 6.09 Å². The minimum atomic E-state index is -0.860. The Bertz CT molecular complexity index is 178. The predicted octanol–water partition coefficient (Wildman–Crippen LogP) is 1.53. The molecule has 1 unspecified atom stereocenters. The van der Waals surface area contributed by atoms with Crippen LogP contribution in [0.5, 0.6) is 0 Å². The number of hydrogen-bond donors (Lipinski definition) is 2. The standard InChI is InChI=1S/C10H21NO3/c1-5-14-9(12)11-7-10(4,13)6-8(2)3/h8,13H,5-7H2,1-4H3,(H,11,12). The topological polar surface area (TPSA) is 58.6 Å². The molecule has 1 atom stereocenters. The summed E-state index contributed by atoms with van der Waals surface area (Å²) in [5.74, 6) is 0.397. The van der Waals surface area contributed by atoms with Crippen molar-refractivity contribution in [2.45, 2.75) is 39.7 Å². The highest BCUT2D eigenvalue weighted by molar-refractivity contribution is 5.67. The number of rotatable bonds is 5. The summed E-state index contributed by atoms with van der Waals surface area (Å²) in [4.78, 5) is 10.9. The molecule has 0 aliphatic carbocycles. The third kappa shape index (κ3) is 6.71. The SMILES string of the molecule is CCOC(=O)NCC(C)(O)CC(C)C. The van der Waals surface area contributed by atoms with E-state index in [-0.39, 0.29) is 6.54 Å². The first-order valence-corrected chi connectivity index (χ1v) is 5.00. The van der Waals surface area contributed by atoms with Crippen molar-refractivity contribution in [1.82, 2.24) is 5.32 Å². The Balaban J connectivity index is 3.80. The molecule has 0 spiro atoms. The molecular formula is C10H21NO3. The number of alkyl carbamates (subject to hydrolysis) is 1. The van der Waals surface area contributed by atoms with Gasteiger partial charge in [0.25, 0.3) is 0 Å². The highest BCUT2D eigenvalue weighted by Crippen LogP contribution is 2.14. The molecule has 84 valence electrons. The highest BCUT2D eigenvalue weighted by Gasteiger charge is 2.22. The average Bonchev–Trinajstić information content (AvgIpc) is 1.99. The van der Waals surface area contributed by atoms with Crippen molar-refractivity contribution in [2.75, 3.05) is 13.2 Å². The van der Waals surface area contributed by atoms with E-state index < -0.39 is 11.7 Å².